The SMILES string of the molecule is Cc1ccc(S(=O)(=O)N2CCC3(CC2)NC(C)C(=O)N3C(C)c2ccccc2)cc1. The second kappa shape index (κ2) is 7.80. The van der Waals surface area contributed by atoms with Crippen molar-refractivity contribution in [3.8, 4) is 0 Å². The van der Waals surface area contributed by atoms with E-state index in [0.29, 0.717) is 30.8 Å². The van der Waals surface area contributed by atoms with Crippen LogP contribution in [0.3, 0.4) is 0 Å². The van der Waals surface area contributed by atoms with Crippen molar-refractivity contribution < 1.29 is 13.2 Å². The summed E-state index contributed by atoms with van der Waals surface area (Å²) in [4.78, 5) is 15.3. The second-order valence-electron chi connectivity index (χ2n) is 8.41. The van der Waals surface area contributed by atoms with Crippen LogP contribution in [-0.2, 0) is 14.8 Å². The molecule has 7 heteroatoms. The summed E-state index contributed by atoms with van der Waals surface area (Å²) < 4.78 is 27.7. The minimum absolute atomic E-state index is 0.0706. The molecule has 30 heavy (non-hydrogen) atoms. The molecule has 0 aliphatic carbocycles. The van der Waals surface area contributed by atoms with Crippen LogP contribution in [0.4, 0.5) is 0 Å². The van der Waals surface area contributed by atoms with Crippen LogP contribution in [0.5, 0.6) is 0 Å². The van der Waals surface area contributed by atoms with Gasteiger partial charge in [-0.15, -0.1) is 0 Å². The summed E-state index contributed by atoms with van der Waals surface area (Å²) >= 11 is 0. The zero-order chi connectivity index (χ0) is 21.5. The van der Waals surface area contributed by atoms with E-state index in [1.165, 1.54) is 0 Å². The normalized spacial score (nSPS) is 23.1. The molecule has 160 valence electrons. The first-order chi connectivity index (χ1) is 14.2. The van der Waals surface area contributed by atoms with Crippen molar-refractivity contribution in [1.29, 1.82) is 0 Å². The molecule has 2 heterocycles. The first-order valence-electron chi connectivity index (χ1n) is 10.5. The quantitative estimate of drug-likeness (QED) is 0.814. The summed E-state index contributed by atoms with van der Waals surface area (Å²) in [6.45, 7) is 6.62. The van der Waals surface area contributed by atoms with Gasteiger partial charge in [-0.05, 0) is 51.3 Å². The Labute approximate surface area is 178 Å². The second-order valence-corrected chi connectivity index (χ2v) is 10.3. The molecule has 2 unspecified atom stereocenters. The van der Waals surface area contributed by atoms with Gasteiger partial charge in [0.15, 0.2) is 0 Å². The van der Waals surface area contributed by atoms with Gasteiger partial charge in [0.2, 0.25) is 15.9 Å². The number of aryl methyl sites for hydroxylation is 1. The van der Waals surface area contributed by atoms with Crippen LogP contribution in [0, 0.1) is 6.92 Å². The van der Waals surface area contributed by atoms with Crippen LogP contribution in [-0.4, -0.2) is 48.3 Å². The Kier molecular flexibility index (Phi) is 5.46. The topological polar surface area (TPSA) is 69.7 Å². The Hall–Kier alpha value is -2.22. The fraction of sp³-hybridized carbons (Fsp3) is 0.435. The molecule has 2 saturated heterocycles. The van der Waals surface area contributed by atoms with E-state index in [9.17, 15) is 13.2 Å². The molecule has 0 aromatic heterocycles. The molecule has 2 atom stereocenters. The number of benzene rings is 2. The molecule has 1 N–H and O–H groups in total. The summed E-state index contributed by atoms with van der Waals surface area (Å²) in [5.41, 5.74) is 1.58. The monoisotopic (exact) mass is 427 g/mol. The highest BCUT2D eigenvalue weighted by Gasteiger charge is 2.52. The predicted octanol–water partition coefficient (Wildman–Crippen LogP) is 3.06. The van der Waals surface area contributed by atoms with E-state index in [-0.39, 0.29) is 18.0 Å². The Bertz CT molecular complexity index is 1010. The van der Waals surface area contributed by atoms with E-state index in [1.807, 2.05) is 68.1 Å². The molecule has 4 rings (SSSR count). The first kappa shape index (κ1) is 21.0. The highest BCUT2D eigenvalue weighted by molar-refractivity contribution is 7.89. The van der Waals surface area contributed by atoms with E-state index in [0.717, 1.165) is 11.1 Å². The fourth-order valence-electron chi connectivity index (χ4n) is 4.74. The summed E-state index contributed by atoms with van der Waals surface area (Å²) in [6.07, 6.45) is 1.12. The van der Waals surface area contributed by atoms with Crippen molar-refractivity contribution >= 4 is 15.9 Å². The largest absolute Gasteiger partial charge is 0.316 e. The van der Waals surface area contributed by atoms with Gasteiger partial charge >= 0.3 is 0 Å². The minimum atomic E-state index is -3.54. The molecule has 2 aliphatic rings. The first-order valence-corrected chi connectivity index (χ1v) is 11.9. The lowest BCUT2D eigenvalue weighted by Gasteiger charge is -2.46. The van der Waals surface area contributed by atoms with Crippen LogP contribution in [0.2, 0.25) is 0 Å². The predicted molar refractivity (Wildman–Crippen MR) is 116 cm³/mol. The number of amides is 1. The number of carbonyl (C=O) groups is 1. The van der Waals surface area contributed by atoms with Gasteiger partial charge < -0.3 is 4.90 Å². The maximum atomic E-state index is 13.1. The average Bonchev–Trinajstić information content (AvgIpc) is 2.98. The van der Waals surface area contributed by atoms with Gasteiger partial charge in [-0.1, -0.05) is 48.0 Å². The molecule has 6 nitrogen and oxygen atoms in total. The van der Waals surface area contributed by atoms with Crippen LogP contribution in [0.25, 0.3) is 0 Å². The third-order valence-electron chi connectivity index (χ3n) is 6.43. The number of hydrogen-bond donors (Lipinski definition) is 1. The van der Waals surface area contributed by atoms with Gasteiger partial charge in [-0.25, -0.2) is 8.42 Å². The van der Waals surface area contributed by atoms with E-state index < -0.39 is 15.7 Å². The van der Waals surface area contributed by atoms with Crippen molar-refractivity contribution in [3.05, 3.63) is 65.7 Å². The van der Waals surface area contributed by atoms with Crippen molar-refractivity contribution in [1.82, 2.24) is 14.5 Å². The van der Waals surface area contributed by atoms with Crippen molar-refractivity contribution in [3.63, 3.8) is 0 Å². The average molecular weight is 428 g/mol. The summed E-state index contributed by atoms with van der Waals surface area (Å²) in [5, 5.41) is 3.49. The Balaban J connectivity index is 1.57. The van der Waals surface area contributed by atoms with Crippen molar-refractivity contribution in [2.24, 2.45) is 0 Å². The van der Waals surface area contributed by atoms with Crippen LogP contribution in [0.1, 0.15) is 43.9 Å². The van der Waals surface area contributed by atoms with Crippen molar-refractivity contribution in [2.45, 2.75) is 56.3 Å². The summed E-state index contributed by atoms with van der Waals surface area (Å²) in [7, 11) is -3.54. The maximum Gasteiger partial charge on any atom is 0.243 e. The Morgan fingerprint density at radius 1 is 1.03 bits per heavy atom. The molecule has 2 aromatic carbocycles. The number of rotatable bonds is 4. The van der Waals surface area contributed by atoms with E-state index >= 15 is 0 Å². The number of hydrogen-bond acceptors (Lipinski definition) is 4. The molecule has 2 fully saturated rings. The van der Waals surface area contributed by atoms with Gasteiger partial charge in [0.25, 0.3) is 0 Å². The van der Waals surface area contributed by atoms with Crippen LogP contribution >= 0.6 is 0 Å². The number of nitrogens with one attached hydrogen (secondary N) is 1. The zero-order valence-corrected chi connectivity index (χ0v) is 18.5. The van der Waals surface area contributed by atoms with Gasteiger partial charge in [-0.3, -0.25) is 10.1 Å². The van der Waals surface area contributed by atoms with Gasteiger partial charge in [-0.2, -0.15) is 4.31 Å². The number of carbonyl (C=O) groups excluding carboxylic acids is 1. The third kappa shape index (κ3) is 3.55. The Morgan fingerprint density at radius 3 is 2.23 bits per heavy atom. The maximum absolute atomic E-state index is 13.1. The fourth-order valence-corrected chi connectivity index (χ4v) is 6.18. The molecule has 0 saturated carbocycles. The standard InChI is InChI=1S/C23H29N3O3S/c1-17-9-11-21(12-10-17)30(28,29)25-15-13-23(14-16-25)24-18(2)22(27)26(23)19(3)20-7-5-4-6-8-20/h4-12,18-19,24H,13-16H2,1-3H3. The molecule has 1 spiro atoms. The van der Waals surface area contributed by atoms with Crippen LogP contribution < -0.4 is 5.32 Å². The number of sulfonamides is 1. The molecular formula is C23H29N3O3S. The smallest absolute Gasteiger partial charge is 0.243 e. The van der Waals surface area contributed by atoms with Gasteiger partial charge in [0.1, 0.15) is 0 Å². The van der Waals surface area contributed by atoms with Crippen molar-refractivity contribution in [2.75, 3.05) is 13.1 Å². The Morgan fingerprint density at radius 2 is 1.63 bits per heavy atom. The number of nitrogens with zero attached hydrogens (tertiary/aromatic N) is 2. The lowest BCUT2D eigenvalue weighted by molar-refractivity contribution is -0.136. The molecule has 0 radical (unpaired) electrons. The molecule has 2 aliphatic heterocycles. The van der Waals surface area contributed by atoms with Gasteiger partial charge in [0.05, 0.1) is 22.6 Å². The molecule has 2 aromatic rings. The summed E-state index contributed by atoms with van der Waals surface area (Å²) in [5.74, 6) is 0.0706. The highest BCUT2D eigenvalue weighted by atomic mass is 32.2. The number of piperidine rings is 1. The lowest BCUT2D eigenvalue weighted by Crippen LogP contribution is -2.59. The molecule has 1 amide bonds. The van der Waals surface area contributed by atoms with Gasteiger partial charge in [0, 0.05) is 13.1 Å². The summed E-state index contributed by atoms with van der Waals surface area (Å²) in [6, 6.07) is 16.6. The van der Waals surface area contributed by atoms with E-state index in [2.05, 4.69) is 5.32 Å². The minimum Gasteiger partial charge on any atom is -0.316 e. The third-order valence-corrected chi connectivity index (χ3v) is 8.34. The molecule has 0 bridgehead atoms. The van der Waals surface area contributed by atoms with Crippen LogP contribution in [0.15, 0.2) is 59.5 Å². The van der Waals surface area contributed by atoms with E-state index in [4.69, 9.17) is 0 Å². The molecular weight excluding hydrogens is 398 g/mol. The van der Waals surface area contributed by atoms with E-state index in [1.54, 1.807) is 16.4 Å². The lowest BCUT2D eigenvalue weighted by atomic mass is 9.94. The zero-order valence-electron chi connectivity index (χ0n) is 17.7. The highest BCUT2D eigenvalue weighted by Crippen LogP contribution is 2.39.